The maximum absolute atomic E-state index is 9.71. The Morgan fingerprint density at radius 2 is 2.06 bits per heavy atom. The summed E-state index contributed by atoms with van der Waals surface area (Å²) in [5, 5.41) is 22.5. The molecule has 1 aromatic carbocycles. The first-order valence-corrected chi connectivity index (χ1v) is 6.03. The van der Waals surface area contributed by atoms with E-state index in [2.05, 4.69) is 21.2 Å². The maximum atomic E-state index is 9.71. The lowest BCUT2D eigenvalue weighted by atomic mass is 10.1. The highest BCUT2D eigenvalue weighted by Crippen LogP contribution is 2.27. The first-order valence-electron chi connectivity index (χ1n) is 5.24. The summed E-state index contributed by atoms with van der Waals surface area (Å²) < 4.78 is 0.928. The van der Waals surface area contributed by atoms with E-state index in [1.807, 2.05) is 13.0 Å². The summed E-state index contributed by atoms with van der Waals surface area (Å²) in [6.07, 6.45) is 0. The van der Waals surface area contributed by atoms with Crippen molar-refractivity contribution in [2.75, 3.05) is 6.54 Å². The van der Waals surface area contributed by atoms with Crippen molar-refractivity contribution in [2.45, 2.75) is 32.4 Å². The zero-order valence-electron chi connectivity index (χ0n) is 9.79. The molecule has 0 fully saturated rings. The van der Waals surface area contributed by atoms with Crippen LogP contribution in [0.25, 0.3) is 0 Å². The van der Waals surface area contributed by atoms with Gasteiger partial charge in [-0.05, 0) is 39.0 Å². The first kappa shape index (κ1) is 13.5. The summed E-state index contributed by atoms with van der Waals surface area (Å²) in [6, 6.07) is 5.31. The number of hydrogen-bond acceptors (Lipinski definition) is 3. The molecule has 0 amide bonds. The van der Waals surface area contributed by atoms with Crippen molar-refractivity contribution in [2.24, 2.45) is 0 Å². The minimum Gasteiger partial charge on any atom is -0.508 e. The lowest BCUT2D eigenvalue weighted by Crippen LogP contribution is -2.36. The molecule has 3 nitrogen and oxygen atoms in total. The topological polar surface area (TPSA) is 52.5 Å². The van der Waals surface area contributed by atoms with E-state index in [1.54, 1.807) is 26.0 Å². The fraction of sp³-hybridized carbons (Fsp3) is 0.500. The number of halogens is 1. The van der Waals surface area contributed by atoms with E-state index in [0.717, 1.165) is 10.0 Å². The molecule has 0 aliphatic rings. The monoisotopic (exact) mass is 287 g/mol. The quantitative estimate of drug-likeness (QED) is 0.798. The summed E-state index contributed by atoms with van der Waals surface area (Å²) in [5.74, 6) is 0.263. The Morgan fingerprint density at radius 1 is 1.44 bits per heavy atom. The van der Waals surface area contributed by atoms with Crippen molar-refractivity contribution >= 4 is 15.9 Å². The molecule has 0 bridgehead atoms. The van der Waals surface area contributed by atoms with Crippen molar-refractivity contribution in [3.05, 3.63) is 28.2 Å². The lowest BCUT2D eigenvalue weighted by Gasteiger charge is -2.22. The van der Waals surface area contributed by atoms with Crippen LogP contribution in [0.4, 0.5) is 0 Å². The van der Waals surface area contributed by atoms with Crippen LogP contribution in [0.2, 0.25) is 0 Å². The average Bonchev–Trinajstić information content (AvgIpc) is 2.17. The van der Waals surface area contributed by atoms with Crippen molar-refractivity contribution in [1.29, 1.82) is 0 Å². The molecular weight excluding hydrogens is 270 g/mol. The van der Waals surface area contributed by atoms with Gasteiger partial charge < -0.3 is 15.5 Å². The molecule has 0 saturated heterocycles. The van der Waals surface area contributed by atoms with Gasteiger partial charge in [0.2, 0.25) is 0 Å². The van der Waals surface area contributed by atoms with Crippen LogP contribution in [-0.4, -0.2) is 22.4 Å². The molecule has 0 heterocycles. The number of hydrogen-bond donors (Lipinski definition) is 3. The normalized spacial score (nSPS) is 13.8. The van der Waals surface area contributed by atoms with E-state index >= 15 is 0 Å². The fourth-order valence-electron chi connectivity index (χ4n) is 1.39. The third-order valence-corrected chi connectivity index (χ3v) is 2.79. The molecule has 1 aromatic rings. The highest BCUT2D eigenvalue weighted by Gasteiger charge is 2.16. The van der Waals surface area contributed by atoms with Crippen LogP contribution in [0.1, 0.15) is 32.4 Å². The average molecular weight is 288 g/mol. The molecule has 3 N–H and O–H groups in total. The molecule has 0 aliphatic heterocycles. The van der Waals surface area contributed by atoms with Gasteiger partial charge in [-0.3, -0.25) is 0 Å². The fourth-order valence-corrected chi connectivity index (χ4v) is 1.76. The highest BCUT2D eigenvalue weighted by molar-refractivity contribution is 9.10. The van der Waals surface area contributed by atoms with E-state index < -0.39 is 5.60 Å². The molecular formula is C12H18BrNO2. The van der Waals surface area contributed by atoms with Crippen molar-refractivity contribution in [3.63, 3.8) is 0 Å². The number of aliphatic hydroxyl groups is 1. The summed E-state index contributed by atoms with van der Waals surface area (Å²) in [5.41, 5.74) is 0.0641. The molecule has 1 unspecified atom stereocenters. The number of phenolic OH excluding ortho intramolecular Hbond substituents is 1. The Kier molecular flexibility index (Phi) is 4.35. The van der Waals surface area contributed by atoms with Gasteiger partial charge in [-0.15, -0.1) is 0 Å². The molecule has 0 aliphatic carbocycles. The summed E-state index contributed by atoms with van der Waals surface area (Å²) in [7, 11) is 0. The van der Waals surface area contributed by atoms with Crippen LogP contribution < -0.4 is 5.32 Å². The van der Waals surface area contributed by atoms with Gasteiger partial charge in [-0.25, -0.2) is 0 Å². The van der Waals surface area contributed by atoms with Gasteiger partial charge >= 0.3 is 0 Å². The van der Waals surface area contributed by atoms with Gasteiger partial charge in [0.1, 0.15) is 5.75 Å². The predicted octanol–water partition coefficient (Wildman–Crippen LogP) is 2.58. The van der Waals surface area contributed by atoms with Crippen LogP contribution >= 0.6 is 15.9 Å². The molecule has 0 radical (unpaired) electrons. The zero-order chi connectivity index (χ0) is 12.3. The number of benzene rings is 1. The van der Waals surface area contributed by atoms with Crippen molar-refractivity contribution in [3.8, 4) is 5.75 Å². The highest BCUT2D eigenvalue weighted by atomic mass is 79.9. The van der Waals surface area contributed by atoms with E-state index in [0.29, 0.717) is 6.54 Å². The van der Waals surface area contributed by atoms with E-state index in [-0.39, 0.29) is 11.8 Å². The van der Waals surface area contributed by atoms with Crippen molar-refractivity contribution in [1.82, 2.24) is 5.32 Å². The molecule has 0 spiro atoms. The van der Waals surface area contributed by atoms with Crippen LogP contribution in [-0.2, 0) is 0 Å². The Hall–Kier alpha value is -0.580. The minimum absolute atomic E-state index is 0.0103. The van der Waals surface area contributed by atoms with Gasteiger partial charge in [0.25, 0.3) is 0 Å². The lowest BCUT2D eigenvalue weighted by molar-refractivity contribution is 0.0769. The Morgan fingerprint density at radius 3 is 2.62 bits per heavy atom. The summed E-state index contributed by atoms with van der Waals surface area (Å²) >= 11 is 3.37. The second-order valence-electron chi connectivity index (χ2n) is 4.62. The van der Waals surface area contributed by atoms with Crippen LogP contribution in [0, 0.1) is 0 Å². The largest absolute Gasteiger partial charge is 0.508 e. The SMILES string of the molecule is CC(NCC(C)(C)O)c1cc(Br)ccc1O. The molecule has 0 saturated carbocycles. The van der Waals surface area contributed by atoms with E-state index in [1.165, 1.54) is 0 Å². The summed E-state index contributed by atoms with van der Waals surface area (Å²) in [6.45, 7) is 5.91. The molecule has 0 aromatic heterocycles. The molecule has 4 heteroatoms. The number of aromatic hydroxyl groups is 1. The second-order valence-corrected chi connectivity index (χ2v) is 5.53. The van der Waals surface area contributed by atoms with Crippen molar-refractivity contribution < 1.29 is 10.2 Å². The number of rotatable bonds is 4. The van der Waals surface area contributed by atoms with Gasteiger partial charge in [0.05, 0.1) is 5.60 Å². The zero-order valence-corrected chi connectivity index (χ0v) is 11.4. The standard InChI is InChI=1S/C12H18BrNO2/c1-8(14-7-12(2,3)16)10-6-9(13)4-5-11(10)15/h4-6,8,14-16H,7H2,1-3H3. The Labute approximate surface area is 105 Å². The summed E-state index contributed by atoms with van der Waals surface area (Å²) in [4.78, 5) is 0. The van der Waals surface area contributed by atoms with E-state index in [9.17, 15) is 10.2 Å². The van der Waals surface area contributed by atoms with Crippen LogP contribution in [0.15, 0.2) is 22.7 Å². The second kappa shape index (κ2) is 5.17. The van der Waals surface area contributed by atoms with Gasteiger partial charge in [0, 0.05) is 22.6 Å². The predicted molar refractivity (Wildman–Crippen MR) is 68.5 cm³/mol. The molecule has 1 rings (SSSR count). The molecule has 16 heavy (non-hydrogen) atoms. The van der Waals surface area contributed by atoms with Gasteiger partial charge in [-0.2, -0.15) is 0 Å². The number of phenols is 1. The first-order chi connectivity index (χ1) is 7.29. The molecule has 90 valence electrons. The Balaban J connectivity index is 2.73. The molecule has 1 atom stereocenters. The maximum Gasteiger partial charge on any atom is 0.120 e. The number of nitrogens with one attached hydrogen (secondary N) is 1. The van der Waals surface area contributed by atoms with Crippen LogP contribution in [0.3, 0.4) is 0 Å². The third kappa shape index (κ3) is 4.12. The smallest absolute Gasteiger partial charge is 0.120 e. The Bertz CT molecular complexity index is 361. The van der Waals surface area contributed by atoms with Gasteiger partial charge in [-0.1, -0.05) is 15.9 Å². The van der Waals surface area contributed by atoms with E-state index in [4.69, 9.17) is 0 Å². The van der Waals surface area contributed by atoms with Gasteiger partial charge in [0.15, 0.2) is 0 Å². The minimum atomic E-state index is -0.754. The van der Waals surface area contributed by atoms with Crippen LogP contribution in [0.5, 0.6) is 5.75 Å². The third-order valence-electron chi connectivity index (χ3n) is 2.30.